The summed E-state index contributed by atoms with van der Waals surface area (Å²) in [5.41, 5.74) is -0.520. The summed E-state index contributed by atoms with van der Waals surface area (Å²) in [5, 5.41) is 28.8. The Balaban J connectivity index is -0.00000144. The molecule has 0 aliphatic carbocycles. The summed E-state index contributed by atoms with van der Waals surface area (Å²) >= 11 is 0. The molecule has 0 aliphatic rings. The molecule has 77 heavy (non-hydrogen) atoms. The number of nitrogens with zero attached hydrogens (tertiary/aromatic N) is 1. The van der Waals surface area contributed by atoms with E-state index in [9.17, 15) is 24.0 Å². The zero-order valence-electron chi connectivity index (χ0n) is 50.5. The van der Waals surface area contributed by atoms with Gasteiger partial charge >= 0.3 is 30.0 Å². The van der Waals surface area contributed by atoms with Gasteiger partial charge in [0.25, 0.3) is 0 Å². The lowest BCUT2D eigenvalue weighted by Crippen LogP contribution is -2.38. The smallest absolute Gasteiger partial charge is 0.410 e. The molecule has 0 heterocycles. The largest absolute Gasteiger partial charge is 0.481 e. The minimum absolute atomic E-state index is 0.122. The zero-order valence-corrected chi connectivity index (χ0v) is 50.5. The molecule has 0 aromatic rings. The molecule has 0 saturated carbocycles. The fraction of sp³-hybridized carbons (Fsp3) is 0.828. The monoisotopic (exact) mass is 1090 g/mol. The number of aliphatic carboxylic acids is 2. The first-order valence-corrected chi connectivity index (χ1v) is 31.2. The third kappa shape index (κ3) is 72.3. The Morgan fingerprint density at radius 3 is 1.09 bits per heavy atom. The number of aliphatic hydroxyl groups is 1. The standard InChI is InChI=1S/C39H71NO6.C16H31NO4.C9H18O/c1-6-8-10-12-14-22-28-34-44-36(41)30-24-18-16-20-26-32-40(38(43)46-39(3,4)5)33-27-21-17-19-25-31-37(42)45-35-29-23-15-13-11-9-7-2;18-15(19)11-7-3-1-5-9-13-17-14-10-6-2-4-8-12-16(20)21;1-2-3-4-5-6-7-8-9-10/h22-23,28-29H,6-21,24-27,30-35H2,1-5H3;17H,1-14H2,(H,18,19)(H,20,21);7-8,10H,2-6,9H2,1H3/b28-22-,29-23-;;8-7-. The minimum atomic E-state index is -0.695. The number of hydrogen-bond acceptors (Lipinski definition) is 10. The molecule has 0 rings (SSSR count). The predicted molar refractivity (Wildman–Crippen MR) is 319 cm³/mol. The number of esters is 2. The van der Waals surface area contributed by atoms with E-state index in [4.69, 9.17) is 29.5 Å². The molecular weight excluding hydrogens is 973 g/mol. The molecule has 0 aliphatic heterocycles. The van der Waals surface area contributed by atoms with Crippen molar-refractivity contribution in [2.75, 3.05) is 46.0 Å². The van der Waals surface area contributed by atoms with Crippen LogP contribution in [0.2, 0.25) is 0 Å². The topological polar surface area (TPSA) is 189 Å². The minimum Gasteiger partial charge on any atom is -0.481 e. The molecule has 452 valence electrons. The maximum atomic E-state index is 12.8. The van der Waals surface area contributed by atoms with E-state index in [0.717, 1.165) is 148 Å². The maximum absolute atomic E-state index is 12.8. The Kier molecular flexibility index (Phi) is 63.6. The van der Waals surface area contributed by atoms with Gasteiger partial charge in [-0.1, -0.05) is 192 Å². The summed E-state index contributed by atoms with van der Waals surface area (Å²) in [6.45, 7) is 16.7. The molecule has 0 aromatic carbocycles. The fourth-order valence-electron chi connectivity index (χ4n) is 8.12. The number of allylic oxidation sites excluding steroid dienone is 3. The molecule has 0 fully saturated rings. The molecule has 0 atom stereocenters. The highest BCUT2D eigenvalue weighted by molar-refractivity contribution is 5.70. The van der Waals surface area contributed by atoms with Crippen LogP contribution < -0.4 is 5.32 Å². The lowest BCUT2D eigenvalue weighted by Gasteiger charge is -2.27. The molecule has 0 saturated heterocycles. The van der Waals surface area contributed by atoms with Gasteiger partial charge in [-0.2, -0.15) is 0 Å². The highest BCUT2D eigenvalue weighted by atomic mass is 16.6. The van der Waals surface area contributed by atoms with E-state index in [-0.39, 0.29) is 24.6 Å². The Labute approximate surface area is 472 Å². The lowest BCUT2D eigenvalue weighted by atomic mass is 10.1. The summed E-state index contributed by atoms with van der Waals surface area (Å²) in [6.07, 6.45) is 51.8. The van der Waals surface area contributed by atoms with Gasteiger partial charge in [0.2, 0.25) is 0 Å². The first-order chi connectivity index (χ1) is 37.2. The van der Waals surface area contributed by atoms with E-state index >= 15 is 0 Å². The number of rotatable bonds is 52. The van der Waals surface area contributed by atoms with Crippen LogP contribution in [0.3, 0.4) is 0 Å². The van der Waals surface area contributed by atoms with Gasteiger partial charge in [-0.25, -0.2) is 4.79 Å². The van der Waals surface area contributed by atoms with Crippen LogP contribution in [-0.2, 0) is 33.4 Å². The molecule has 0 spiro atoms. The number of aliphatic hydroxyl groups excluding tert-OH is 1. The van der Waals surface area contributed by atoms with Crippen LogP contribution in [0.1, 0.15) is 292 Å². The highest BCUT2D eigenvalue weighted by Crippen LogP contribution is 2.15. The van der Waals surface area contributed by atoms with Gasteiger partial charge in [0.05, 0.1) is 6.61 Å². The zero-order chi connectivity index (χ0) is 57.6. The summed E-state index contributed by atoms with van der Waals surface area (Å²) in [7, 11) is 0. The van der Waals surface area contributed by atoms with Gasteiger partial charge in [0, 0.05) is 38.8 Å². The van der Waals surface area contributed by atoms with Gasteiger partial charge in [0.15, 0.2) is 0 Å². The van der Waals surface area contributed by atoms with Gasteiger partial charge in [-0.05, 0) is 124 Å². The van der Waals surface area contributed by atoms with Crippen LogP contribution in [0, 0.1) is 0 Å². The van der Waals surface area contributed by atoms with Crippen LogP contribution in [0.15, 0.2) is 36.5 Å². The third-order valence-corrected chi connectivity index (χ3v) is 12.7. The Morgan fingerprint density at radius 2 is 0.740 bits per heavy atom. The van der Waals surface area contributed by atoms with Crippen LogP contribution in [0.4, 0.5) is 4.79 Å². The number of unbranched alkanes of at least 4 members (excludes halogenated alkanes) is 28. The quantitative estimate of drug-likeness (QED) is 0.0196. The lowest BCUT2D eigenvalue weighted by molar-refractivity contribution is -0.143. The number of carbonyl (C=O) groups excluding carboxylic acids is 3. The van der Waals surface area contributed by atoms with E-state index in [0.29, 0.717) is 52.0 Å². The second kappa shape index (κ2) is 63.1. The SMILES string of the molecule is CCCCCC/C=C\CO.CCCCCC/C=C\COC(=O)CCCCCCCN(CCCCCCCC(=O)OC/C=C\CCCCCC)C(=O)OC(C)(C)C.O=C(O)CCCCCCCNCCCCCCCC(=O)O. The number of carboxylic acids is 2. The van der Waals surface area contributed by atoms with Crippen LogP contribution in [0.5, 0.6) is 0 Å². The van der Waals surface area contributed by atoms with Crippen molar-refractivity contribution >= 4 is 30.0 Å². The van der Waals surface area contributed by atoms with Gasteiger partial charge < -0.3 is 39.7 Å². The first kappa shape index (κ1) is 77.5. The average molecular weight is 1090 g/mol. The van der Waals surface area contributed by atoms with Crippen molar-refractivity contribution in [3.8, 4) is 0 Å². The number of carbonyl (C=O) groups is 5. The van der Waals surface area contributed by atoms with Crippen LogP contribution in [0.25, 0.3) is 0 Å². The molecular formula is C64H120N2O11. The Bertz CT molecular complexity index is 1330. The van der Waals surface area contributed by atoms with Crippen molar-refractivity contribution in [2.45, 2.75) is 298 Å². The number of amides is 1. The Morgan fingerprint density at radius 1 is 0.416 bits per heavy atom. The molecule has 13 heteroatoms. The molecule has 0 bridgehead atoms. The molecule has 0 aromatic heterocycles. The fourth-order valence-corrected chi connectivity index (χ4v) is 8.12. The van der Waals surface area contributed by atoms with E-state index < -0.39 is 17.5 Å². The van der Waals surface area contributed by atoms with Crippen molar-refractivity contribution in [2.24, 2.45) is 0 Å². The first-order valence-electron chi connectivity index (χ1n) is 31.2. The maximum Gasteiger partial charge on any atom is 0.410 e. The summed E-state index contributed by atoms with van der Waals surface area (Å²) in [4.78, 5) is 59.2. The van der Waals surface area contributed by atoms with Crippen molar-refractivity contribution in [1.29, 1.82) is 0 Å². The molecule has 4 N–H and O–H groups in total. The number of hydrogen-bond donors (Lipinski definition) is 4. The molecule has 13 nitrogen and oxygen atoms in total. The van der Waals surface area contributed by atoms with Crippen molar-refractivity contribution in [3.63, 3.8) is 0 Å². The molecule has 0 unspecified atom stereocenters. The average Bonchev–Trinajstić information content (AvgIpc) is 3.38. The van der Waals surface area contributed by atoms with Crippen molar-refractivity contribution in [1.82, 2.24) is 10.2 Å². The second-order valence-corrected chi connectivity index (χ2v) is 21.6. The van der Waals surface area contributed by atoms with E-state index in [1.807, 2.05) is 43.9 Å². The van der Waals surface area contributed by atoms with Gasteiger partial charge in [0.1, 0.15) is 18.8 Å². The van der Waals surface area contributed by atoms with Gasteiger partial charge in [-0.3, -0.25) is 19.2 Å². The predicted octanol–water partition coefficient (Wildman–Crippen LogP) is 17.0. The second-order valence-electron chi connectivity index (χ2n) is 21.6. The van der Waals surface area contributed by atoms with E-state index in [1.165, 1.54) is 89.9 Å². The normalized spacial score (nSPS) is 11.4. The Hall–Kier alpha value is -3.71. The summed E-state index contributed by atoms with van der Waals surface area (Å²) in [6, 6.07) is 0. The van der Waals surface area contributed by atoms with Crippen LogP contribution in [-0.4, -0.2) is 102 Å². The van der Waals surface area contributed by atoms with E-state index in [1.54, 1.807) is 0 Å². The molecule has 1 amide bonds. The number of nitrogens with one attached hydrogen (secondary N) is 1. The van der Waals surface area contributed by atoms with Gasteiger partial charge in [-0.15, -0.1) is 0 Å². The van der Waals surface area contributed by atoms with E-state index in [2.05, 4.69) is 44.3 Å². The van der Waals surface area contributed by atoms with Crippen molar-refractivity contribution in [3.05, 3.63) is 36.5 Å². The third-order valence-electron chi connectivity index (χ3n) is 12.7. The van der Waals surface area contributed by atoms with Crippen molar-refractivity contribution < 1.29 is 53.5 Å². The summed E-state index contributed by atoms with van der Waals surface area (Å²) < 4.78 is 16.3. The molecule has 0 radical (unpaired) electrons. The number of carboxylic acid groups (broad SMARTS) is 2. The highest BCUT2D eigenvalue weighted by Gasteiger charge is 2.21. The van der Waals surface area contributed by atoms with Crippen LogP contribution >= 0.6 is 0 Å². The number of ether oxygens (including phenoxy) is 3. The summed E-state index contributed by atoms with van der Waals surface area (Å²) in [5.74, 6) is -1.63.